The summed E-state index contributed by atoms with van der Waals surface area (Å²) in [7, 11) is -0.800. The second-order valence-electron chi connectivity index (χ2n) is 4.93. The zero-order chi connectivity index (χ0) is 12.9. The van der Waals surface area contributed by atoms with E-state index in [1.54, 1.807) is 0 Å². The second-order valence-corrected chi connectivity index (χ2v) is 6.79. The Hall–Kier alpha value is -0.420. The molecule has 0 bridgehead atoms. The highest BCUT2D eigenvalue weighted by Gasteiger charge is 2.43. The van der Waals surface area contributed by atoms with Crippen LogP contribution in [-0.2, 0) is 15.6 Å². The van der Waals surface area contributed by atoms with E-state index < -0.39 is 10.8 Å². The van der Waals surface area contributed by atoms with E-state index >= 15 is 0 Å². The van der Waals surface area contributed by atoms with E-state index in [4.69, 9.17) is 0 Å². The molecule has 2 atom stereocenters. The molecule has 0 aliphatic carbocycles. The lowest BCUT2D eigenvalue weighted by molar-refractivity contribution is -0.132. The Bertz CT molecular complexity index is 286. The Balaban J connectivity index is 2.47. The largest absolute Gasteiger partial charge is 0.355 e. The molecule has 0 saturated carbocycles. The van der Waals surface area contributed by atoms with E-state index in [0.717, 1.165) is 19.5 Å². The molecule has 2 N–H and O–H groups in total. The van der Waals surface area contributed by atoms with Crippen LogP contribution in [0.1, 0.15) is 27.2 Å². The SMILES string of the molecule is CCS(=O)CCNC(=O)C1(C(C)C)CCNC1. The van der Waals surface area contributed by atoms with Gasteiger partial charge in [0.2, 0.25) is 5.91 Å². The van der Waals surface area contributed by atoms with Crippen LogP contribution in [0, 0.1) is 11.3 Å². The predicted molar refractivity (Wildman–Crippen MR) is 71.3 cm³/mol. The van der Waals surface area contributed by atoms with Gasteiger partial charge in [-0.15, -0.1) is 0 Å². The Morgan fingerprint density at radius 3 is 2.71 bits per heavy atom. The van der Waals surface area contributed by atoms with Crippen LogP contribution in [0.15, 0.2) is 0 Å². The molecule has 1 saturated heterocycles. The van der Waals surface area contributed by atoms with Crippen LogP contribution < -0.4 is 10.6 Å². The first kappa shape index (κ1) is 14.6. The van der Waals surface area contributed by atoms with Gasteiger partial charge < -0.3 is 10.6 Å². The lowest BCUT2D eigenvalue weighted by atomic mass is 9.75. The van der Waals surface area contributed by atoms with Crippen molar-refractivity contribution in [1.82, 2.24) is 10.6 Å². The molecule has 0 radical (unpaired) electrons. The van der Waals surface area contributed by atoms with Crippen molar-refractivity contribution >= 4 is 16.7 Å². The monoisotopic (exact) mass is 260 g/mol. The number of rotatable bonds is 6. The molecule has 0 aromatic rings. The molecule has 100 valence electrons. The summed E-state index contributed by atoms with van der Waals surface area (Å²) in [5, 5.41) is 6.20. The molecule has 1 aliphatic heterocycles. The van der Waals surface area contributed by atoms with Crippen molar-refractivity contribution in [2.24, 2.45) is 11.3 Å². The molecule has 1 rings (SSSR count). The fourth-order valence-corrected chi connectivity index (χ4v) is 2.88. The van der Waals surface area contributed by atoms with Gasteiger partial charge in [-0.25, -0.2) is 0 Å². The van der Waals surface area contributed by atoms with Gasteiger partial charge in [-0.2, -0.15) is 0 Å². The van der Waals surface area contributed by atoms with Crippen LogP contribution in [-0.4, -0.2) is 41.3 Å². The minimum absolute atomic E-state index is 0.116. The first-order valence-electron chi connectivity index (χ1n) is 6.37. The van der Waals surface area contributed by atoms with E-state index in [1.165, 1.54) is 0 Å². The van der Waals surface area contributed by atoms with Crippen molar-refractivity contribution in [3.05, 3.63) is 0 Å². The second kappa shape index (κ2) is 6.50. The van der Waals surface area contributed by atoms with Crippen molar-refractivity contribution < 1.29 is 9.00 Å². The van der Waals surface area contributed by atoms with Crippen molar-refractivity contribution in [3.8, 4) is 0 Å². The quantitative estimate of drug-likeness (QED) is 0.731. The summed E-state index contributed by atoms with van der Waals surface area (Å²) >= 11 is 0. The Morgan fingerprint density at radius 1 is 1.53 bits per heavy atom. The predicted octanol–water partition coefficient (Wildman–Crippen LogP) is 0.507. The minimum atomic E-state index is -0.800. The van der Waals surface area contributed by atoms with Crippen LogP contribution >= 0.6 is 0 Å². The zero-order valence-corrected chi connectivity index (χ0v) is 11.9. The average Bonchev–Trinajstić information content (AvgIpc) is 2.78. The van der Waals surface area contributed by atoms with Gasteiger partial charge in [0.05, 0.1) is 5.41 Å². The van der Waals surface area contributed by atoms with Crippen molar-refractivity contribution in [2.45, 2.75) is 27.2 Å². The normalized spacial score (nSPS) is 26.1. The van der Waals surface area contributed by atoms with Gasteiger partial charge in [-0.3, -0.25) is 9.00 Å². The molecule has 4 nitrogen and oxygen atoms in total. The van der Waals surface area contributed by atoms with Gasteiger partial charge in [0.25, 0.3) is 0 Å². The molecule has 1 fully saturated rings. The zero-order valence-electron chi connectivity index (χ0n) is 11.0. The van der Waals surface area contributed by atoms with E-state index in [-0.39, 0.29) is 11.3 Å². The summed E-state index contributed by atoms with van der Waals surface area (Å²) < 4.78 is 11.3. The van der Waals surface area contributed by atoms with Gasteiger partial charge in [0.1, 0.15) is 0 Å². The smallest absolute Gasteiger partial charge is 0.227 e. The summed E-state index contributed by atoms with van der Waals surface area (Å²) in [5.41, 5.74) is -0.270. The van der Waals surface area contributed by atoms with Gasteiger partial charge in [-0.05, 0) is 18.9 Å². The highest BCUT2D eigenvalue weighted by molar-refractivity contribution is 7.84. The number of carbonyl (C=O) groups is 1. The van der Waals surface area contributed by atoms with Crippen LogP contribution in [0.25, 0.3) is 0 Å². The first-order chi connectivity index (χ1) is 8.03. The molecule has 5 heteroatoms. The molecular formula is C12H24N2O2S. The van der Waals surface area contributed by atoms with Crippen LogP contribution in [0.3, 0.4) is 0 Å². The maximum absolute atomic E-state index is 12.2. The fraction of sp³-hybridized carbons (Fsp3) is 0.917. The first-order valence-corrected chi connectivity index (χ1v) is 7.85. The van der Waals surface area contributed by atoms with Gasteiger partial charge in [0, 0.05) is 35.4 Å². The lowest BCUT2D eigenvalue weighted by Crippen LogP contribution is -2.47. The summed E-state index contributed by atoms with van der Waals surface area (Å²) in [5.74, 6) is 1.66. The number of carbonyl (C=O) groups excluding carboxylic acids is 1. The molecule has 0 spiro atoms. The van der Waals surface area contributed by atoms with Gasteiger partial charge in [0.15, 0.2) is 0 Å². The highest BCUT2D eigenvalue weighted by atomic mass is 32.2. The fourth-order valence-electron chi connectivity index (χ4n) is 2.26. The van der Waals surface area contributed by atoms with Crippen LogP contribution in [0.2, 0.25) is 0 Å². The summed E-state index contributed by atoms with van der Waals surface area (Å²) in [6, 6.07) is 0. The lowest BCUT2D eigenvalue weighted by Gasteiger charge is -2.31. The number of amides is 1. The molecule has 1 heterocycles. The molecule has 0 aromatic carbocycles. The highest BCUT2D eigenvalue weighted by Crippen LogP contribution is 2.34. The number of hydrogen-bond donors (Lipinski definition) is 2. The molecular weight excluding hydrogens is 236 g/mol. The van der Waals surface area contributed by atoms with E-state index in [9.17, 15) is 9.00 Å². The number of hydrogen-bond acceptors (Lipinski definition) is 3. The van der Waals surface area contributed by atoms with E-state index in [1.807, 2.05) is 6.92 Å². The van der Waals surface area contributed by atoms with Crippen LogP contribution in [0.4, 0.5) is 0 Å². The molecule has 17 heavy (non-hydrogen) atoms. The molecule has 1 aliphatic rings. The average molecular weight is 260 g/mol. The third-order valence-electron chi connectivity index (χ3n) is 3.68. The molecule has 0 aromatic heterocycles. The van der Waals surface area contributed by atoms with Crippen molar-refractivity contribution in [3.63, 3.8) is 0 Å². The van der Waals surface area contributed by atoms with E-state index in [0.29, 0.717) is 24.0 Å². The minimum Gasteiger partial charge on any atom is -0.355 e. The Morgan fingerprint density at radius 2 is 2.24 bits per heavy atom. The summed E-state index contributed by atoms with van der Waals surface area (Å²) in [6.07, 6.45) is 0.896. The van der Waals surface area contributed by atoms with Crippen molar-refractivity contribution in [1.29, 1.82) is 0 Å². The van der Waals surface area contributed by atoms with E-state index in [2.05, 4.69) is 24.5 Å². The van der Waals surface area contributed by atoms with Crippen LogP contribution in [0.5, 0.6) is 0 Å². The maximum Gasteiger partial charge on any atom is 0.227 e. The molecule has 1 amide bonds. The Kier molecular flexibility index (Phi) is 5.59. The van der Waals surface area contributed by atoms with Gasteiger partial charge >= 0.3 is 0 Å². The van der Waals surface area contributed by atoms with Crippen molar-refractivity contribution in [2.75, 3.05) is 31.1 Å². The van der Waals surface area contributed by atoms with Gasteiger partial charge in [-0.1, -0.05) is 20.8 Å². The topological polar surface area (TPSA) is 58.2 Å². The molecule has 2 unspecified atom stereocenters. The third kappa shape index (κ3) is 3.52. The Labute approximate surface area is 106 Å². The standard InChI is InChI=1S/C12H24N2O2S/c1-4-17(16)8-7-14-11(15)12(10(2)3)5-6-13-9-12/h10,13H,4-9H2,1-3H3,(H,14,15). The maximum atomic E-state index is 12.2. The summed E-state index contributed by atoms with van der Waals surface area (Å²) in [4.78, 5) is 12.2. The number of nitrogens with one attached hydrogen (secondary N) is 2. The summed E-state index contributed by atoms with van der Waals surface area (Å²) in [6.45, 7) is 8.27. The third-order valence-corrected chi connectivity index (χ3v) is 4.99.